The number of ether oxygens (including phenoxy) is 1. The van der Waals surface area contributed by atoms with Gasteiger partial charge in [-0.1, -0.05) is 11.6 Å². The van der Waals surface area contributed by atoms with Crippen molar-refractivity contribution < 1.29 is 9.53 Å². The smallest absolute Gasteiger partial charge is 0.257 e. The Bertz CT molecular complexity index is 471. The second-order valence-corrected chi connectivity index (χ2v) is 5.53. The molecule has 1 amide bonds. The SMILES string of the molecule is COc1cc(Cl)ccc1C(=O)N(C)C1CCCNCC1. The van der Waals surface area contributed by atoms with Gasteiger partial charge >= 0.3 is 0 Å². The van der Waals surface area contributed by atoms with E-state index in [1.165, 1.54) is 0 Å². The Labute approximate surface area is 125 Å². The van der Waals surface area contributed by atoms with E-state index >= 15 is 0 Å². The Morgan fingerprint density at radius 1 is 1.40 bits per heavy atom. The third-order valence-corrected chi connectivity index (χ3v) is 4.04. The van der Waals surface area contributed by atoms with Gasteiger partial charge in [-0.3, -0.25) is 4.79 Å². The first-order chi connectivity index (χ1) is 9.63. The second-order valence-electron chi connectivity index (χ2n) is 5.10. The van der Waals surface area contributed by atoms with Gasteiger partial charge in [-0.15, -0.1) is 0 Å². The van der Waals surface area contributed by atoms with Gasteiger partial charge in [0.25, 0.3) is 5.91 Å². The molecule has 0 aliphatic carbocycles. The first kappa shape index (κ1) is 15.1. The first-order valence-electron chi connectivity index (χ1n) is 6.95. The van der Waals surface area contributed by atoms with E-state index in [4.69, 9.17) is 16.3 Å². The minimum absolute atomic E-state index is 0.00887. The lowest BCUT2D eigenvalue weighted by molar-refractivity contribution is 0.0717. The van der Waals surface area contributed by atoms with Crippen LogP contribution in [0.1, 0.15) is 29.6 Å². The molecule has 0 spiro atoms. The molecule has 110 valence electrons. The Morgan fingerprint density at radius 2 is 2.20 bits per heavy atom. The fourth-order valence-corrected chi connectivity index (χ4v) is 2.75. The summed E-state index contributed by atoms with van der Waals surface area (Å²) >= 11 is 5.94. The van der Waals surface area contributed by atoms with Crippen molar-refractivity contribution in [3.63, 3.8) is 0 Å². The fraction of sp³-hybridized carbons (Fsp3) is 0.533. The molecule has 20 heavy (non-hydrogen) atoms. The number of hydrogen-bond acceptors (Lipinski definition) is 3. The van der Waals surface area contributed by atoms with Gasteiger partial charge in [-0.05, 0) is 50.6 Å². The minimum Gasteiger partial charge on any atom is -0.496 e. The Morgan fingerprint density at radius 3 is 2.95 bits per heavy atom. The molecule has 1 aliphatic heterocycles. The molecule has 0 radical (unpaired) electrons. The summed E-state index contributed by atoms with van der Waals surface area (Å²) in [6.07, 6.45) is 3.11. The number of methoxy groups -OCH3 is 1. The van der Waals surface area contributed by atoms with Crippen LogP contribution >= 0.6 is 11.6 Å². The van der Waals surface area contributed by atoms with Crippen LogP contribution < -0.4 is 10.1 Å². The Hall–Kier alpha value is -1.26. The summed E-state index contributed by atoms with van der Waals surface area (Å²) in [5.41, 5.74) is 0.566. The van der Waals surface area contributed by atoms with Crippen LogP contribution in [0.4, 0.5) is 0 Å². The zero-order valence-electron chi connectivity index (χ0n) is 12.0. The normalized spacial score (nSPS) is 19.2. The van der Waals surface area contributed by atoms with Crippen LogP contribution in [0.2, 0.25) is 5.02 Å². The van der Waals surface area contributed by atoms with Gasteiger partial charge in [0.1, 0.15) is 5.75 Å². The van der Waals surface area contributed by atoms with Crippen LogP contribution in [0, 0.1) is 0 Å². The van der Waals surface area contributed by atoms with Crippen LogP contribution in [0.5, 0.6) is 5.75 Å². The molecule has 1 heterocycles. The molecule has 1 unspecified atom stereocenters. The lowest BCUT2D eigenvalue weighted by atomic mass is 10.1. The van der Waals surface area contributed by atoms with Crippen molar-refractivity contribution in [3.8, 4) is 5.75 Å². The highest BCUT2D eigenvalue weighted by Gasteiger charge is 2.24. The number of halogens is 1. The Kier molecular flexibility index (Phi) is 5.26. The lowest BCUT2D eigenvalue weighted by Crippen LogP contribution is -2.37. The molecule has 1 aliphatic rings. The summed E-state index contributed by atoms with van der Waals surface area (Å²) in [5.74, 6) is 0.520. The number of benzene rings is 1. The summed E-state index contributed by atoms with van der Waals surface area (Å²) < 4.78 is 5.27. The molecule has 1 atom stereocenters. The number of carbonyl (C=O) groups excluding carboxylic acids is 1. The molecule has 1 saturated heterocycles. The zero-order valence-corrected chi connectivity index (χ0v) is 12.7. The topological polar surface area (TPSA) is 41.6 Å². The van der Waals surface area contributed by atoms with Crippen molar-refractivity contribution in [2.75, 3.05) is 27.2 Å². The highest BCUT2D eigenvalue weighted by atomic mass is 35.5. The molecule has 0 bridgehead atoms. The van der Waals surface area contributed by atoms with Crippen LogP contribution in [0.15, 0.2) is 18.2 Å². The molecule has 2 rings (SSSR count). The van der Waals surface area contributed by atoms with Gasteiger partial charge < -0.3 is 15.0 Å². The van der Waals surface area contributed by atoms with Gasteiger partial charge in [-0.25, -0.2) is 0 Å². The van der Waals surface area contributed by atoms with Crippen molar-refractivity contribution in [1.29, 1.82) is 0 Å². The predicted octanol–water partition coefficient (Wildman–Crippen LogP) is 2.56. The molecule has 4 nitrogen and oxygen atoms in total. The highest BCUT2D eigenvalue weighted by molar-refractivity contribution is 6.30. The van der Waals surface area contributed by atoms with E-state index < -0.39 is 0 Å². The van der Waals surface area contributed by atoms with Crippen molar-refractivity contribution in [3.05, 3.63) is 28.8 Å². The van der Waals surface area contributed by atoms with Crippen LogP contribution in [-0.2, 0) is 0 Å². The molecular formula is C15H21ClN2O2. The quantitative estimate of drug-likeness (QED) is 0.932. The molecule has 0 saturated carbocycles. The third kappa shape index (κ3) is 3.44. The maximum absolute atomic E-state index is 12.6. The van der Waals surface area contributed by atoms with E-state index in [2.05, 4.69) is 5.32 Å². The number of carbonyl (C=O) groups is 1. The summed E-state index contributed by atoms with van der Waals surface area (Å²) in [6, 6.07) is 5.41. The molecule has 1 aromatic carbocycles. The minimum atomic E-state index is -0.00887. The summed E-state index contributed by atoms with van der Waals surface area (Å²) in [4.78, 5) is 14.5. The summed E-state index contributed by atoms with van der Waals surface area (Å²) in [6.45, 7) is 1.99. The van der Waals surface area contributed by atoms with Crippen molar-refractivity contribution >= 4 is 17.5 Å². The van der Waals surface area contributed by atoms with Gasteiger partial charge in [-0.2, -0.15) is 0 Å². The number of amides is 1. The number of nitrogens with zero attached hydrogens (tertiary/aromatic N) is 1. The number of hydrogen-bond donors (Lipinski definition) is 1. The van der Waals surface area contributed by atoms with Gasteiger partial charge in [0.05, 0.1) is 12.7 Å². The third-order valence-electron chi connectivity index (χ3n) is 3.81. The van der Waals surface area contributed by atoms with E-state index in [0.29, 0.717) is 16.3 Å². The van der Waals surface area contributed by atoms with E-state index in [1.807, 2.05) is 11.9 Å². The van der Waals surface area contributed by atoms with Gasteiger partial charge in [0, 0.05) is 18.1 Å². The van der Waals surface area contributed by atoms with E-state index in [1.54, 1.807) is 25.3 Å². The molecular weight excluding hydrogens is 276 g/mol. The van der Waals surface area contributed by atoms with Crippen molar-refractivity contribution in [2.45, 2.75) is 25.3 Å². The van der Waals surface area contributed by atoms with E-state index in [0.717, 1.165) is 32.4 Å². The van der Waals surface area contributed by atoms with Crippen molar-refractivity contribution in [2.24, 2.45) is 0 Å². The largest absolute Gasteiger partial charge is 0.496 e. The molecule has 1 fully saturated rings. The summed E-state index contributed by atoms with van der Waals surface area (Å²) in [7, 11) is 3.42. The Balaban J connectivity index is 2.17. The average Bonchev–Trinajstić information content (AvgIpc) is 2.74. The molecule has 1 N–H and O–H groups in total. The fourth-order valence-electron chi connectivity index (χ4n) is 2.59. The van der Waals surface area contributed by atoms with Crippen LogP contribution in [-0.4, -0.2) is 44.1 Å². The van der Waals surface area contributed by atoms with Gasteiger partial charge in [0.15, 0.2) is 0 Å². The lowest BCUT2D eigenvalue weighted by Gasteiger charge is -2.27. The summed E-state index contributed by atoms with van der Waals surface area (Å²) in [5, 5.41) is 3.93. The monoisotopic (exact) mass is 296 g/mol. The maximum atomic E-state index is 12.6. The van der Waals surface area contributed by atoms with E-state index in [9.17, 15) is 4.79 Å². The van der Waals surface area contributed by atoms with Crippen LogP contribution in [0.3, 0.4) is 0 Å². The van der Waals surface area contributed by atoms with Gasteiger partial charge in [0.2, 0.25) is 0 Å². The second kappa shape index (κ2) is 6.95. The van der Waals surface area contributed by atoms with Crippen LogP contribution in [0.25, 0.3) is 0 Å². The predicted molar refractivity (Wildman–Crippen MR) is 80.6 cm³/mol. The molecule has 5 heteroatoms. The number of nitrogens with one attached hydrogen (secondary N) is 1. The van der Waals surface area contributed by atoms with E-state index in [-0.39, 0.29) is 11.9 Å². The number of rotatable bonds is 3. The zero-order chi connectivity index (χ0) is 14.5. The average molecular weight is 297 g/mol. The first-order valence-corrected chi connectivity index (χ1v) is 7.32. The standard InChI is InChI=1S/C15H21ClN2O2/c1-18(12-4-3-8-17-9-7-12)15(19)13-6-5-11(16)10-14(13)20-2/h5-6,10,12,17H,3-4,7-9H2,1-2H3. The maximum Gasteiger partial charge on any atom is 0.257 e. The van der Waals surface area contributed by atoms with Crippen molar-refractivity contribution in [1.82, 2.24) is 10.2 Å². The molecule has 0 aromatic heterocycles. The molecule has 1 aromatic rings. The highest BCUT2D eigenvalue weighted by Crippen LogP contribution is 2.25.